The maximum Gasteiger partial charge on any atom is 0.416 e. The summed E-state index contributed by atoms with van der Waals surface area (Å²) in [6.45, 7) is 0.126. The zero-order valence-corrected chi connectivity index (χ0v) is 9.83. The molecule has 1 atom stereocenters. The SMILES string of the molecule is Cl.Cl.NC[C@H](N)c1cccc(C(F)(F)F)c1. The minimum Gasteiger partial charge on any atom is -0.329 e. The van der Waals surface area contributed by atoms with Crippen LogP contribution in [0.2, 0.25) is 0 Å². The van der Waals surface area contributed by atoms with E-state index in [9.17, 15) is 13.2 Å². The molecule has 0 aromatic heterocycles. The van der Waals surface area contributed by atoms with Gasteiger partial charge in [-0.2, -0.15) is 13.2 Å². The van der Waals surface area contributed by atoms with Crippen molar-refractivity contribution in [1.29, 1.82) is 0 Å². The average Bonchev–Trinajstić information content (AvgIpc) is 2.15. The molecule has 0 saturated carbocycles. The third kappa shape index (κ3) is 4.57. The lowest BCUT2D eigenvalue weighted by Crippen LogP contribution is -2.21. The minimum absolute atomic E-state index is 0. The molecule has 94 valence electrons. The minimum atomic E-state index is -4.33. The molecule has 7 heteroatoms. The summed E-state index contributed by atoms with van der Waals surface area (Å²) < 4.78 is 36.8. The molecule has 0 unspecified atom stereocenters. The van der Waals surface area contributed by atoms with Crippen molar-refractivity contribution >= 4 is 24.8 Å². The number of benzene rings is 1. The smallest absolute Gasteiger partial charge is 0.329 e. The topological polar surface area (TPSA) is 52.0 Å². The van der Waals surface area contributed by atoms with Crippen LogP contribution in [0.3, 0.4) is 0 Å². The Hall–Kier alpha value is -0.490. The Balaban J connectivity index is 0. The first-order valence-electron chi connectivity index (χ1n) is 4.08. The summed E-state index contributed by atoms with van der Waals surface area (Å²) in [4.78, 5) is 0. The second-order valence-corrected chi connectivity index (χ2v) is 2.97. The molecule has 1 aromatic carbocycles. The second-order valence-electron chi connectivity index (χ2n) is 2.97. The van der Waals surface area contributed by atoms with Crippen molar-refractivity contribution in [2.75, 3.05) is 6.54 Å². The first kappa shape index (κ1) is 17.9. The van der Waals surface area contributed by atoms with Gasteiger partial charge in [0.15, 0.2) is 0 Å². The van der Waals surface area contributed by atoms with Crippen LogP contribution < -0.4 is 11.5 Å². The molecule has 0 aliphatic carbocycles. The maximum absolute atomic E-state index is 12.3. The highest BCUT2D eigenvalue weighted by atomic mass is 35.5. The standard InChI is InChI=1S/C9H11F3N2.2ClH/c10-9(11,12)7-3-1-2-6(4-7)8(14)5-13;;/h1-4,8H,5,13-14H2;2*1H/t8-;;/m0../s1. The van der Waals surface area contributed by atoms with E-state index < -0.39 is 17.8 Å². The molecule has 0 saturated heterocycles. The maximum atomic E-state index is 12.3. The van der Waals surface area contributed by atoms with E-state index in [0.29, 0.717) is 5.56 Å². The van der Waals surface area contributed by atoms with E-state index in [1.165, 1.54) is 12.1 Å². The van der Waals surface area contributed by atoms with E-state index in [1.54, 1.807) is 0 Å². The van der Waals surface area contributed by atoms with Crippen LogP contribution in [0.1, 0.15) is 17.2 Å². The molecule has 0 spiro atoms. The number of rotatable bonds is 2. The fourth-order valence-electron chi connectivity index (χ4n) is 1.08. The molecule has 0 aliphatic heterocycles. The van der Waals surface area contributed by atoms with Crippen molar-refractivity contribution in [1.82, 2.24) is 0 Å². The lowest BCUT2D eigenvalue weighted by Gasteiger charge is -2.12. The molecule has 0 fully saturated rings. The van der Waals surface area contributed by atoms with Gasteiger partial charge in [0.05, 0.1) is 5.56 Å². The van der Waals surface area contributed by atoms with Crippen molar-refractivity contribution < 1.29 is 13.2 Å². The van der Waals surface area contributed by atoms with Crippen molar-refractivity contribution in [2.24, 2.45) is 11.5 Å². The summed E-state index contributed by atoms with van der Waals surface area (Å²) in [5.74, 6) is 0. The van der Waals surface area contributed by atoms with Gasteiger partial charge in [-0.15, -0.1) is 24.8 Å². The lowest BCUT2D eigenvalue weighted by atomic mass is 10.0. The van der Waals surface area contributed by atoms with E-state index in [2.05, 4.69) is 0 Å². The lowest BCUT2D eigenvalue weighted by molar-refractivity contribution is -0.137. The van der Waals surface area contributed by atoms with Crippen LogP contribution in [0.5, 0.6) is 0 Å². The Kier molecular flexibility index (Phi) is 7.78. The second kappa shape index (κ2) is 6.96. The van der Waals surface area contributed by atoms with Crippen LogP contribution in [-0.2, 0) is 6.18 Å². The zero-order valence-electron chi connectivity index (χ0n) is 8.20. The van der Waals surface area contributed by atoms with E-state index in [4.69, 9.17) is 11.5 Å². The highest BCUT2D eigenvalue weighted by Gasteiger charge is 2.30. The molecule has 2 nitrogen and oxygen atoms in total. The van der Waals surface area contributed by atoms with Gasteiger partial charge in [0.25, 0.3) is 0 Å². The molecular formula is C9H13Cl2F3N2. The summed E-state index contributed by atoms with van der Waals surface area (Å²) in [5, 5.41) is 0. The summed E-state index contributed by atoms with van der Waals surface area (Å²) in [6, 6.07) is 4.35. The van der Waals surface area contributed by atoms with Gasteiger partial charge >= 0.3 is 6.18 Å². The Morgan fingerprint density at radius 1 is 1.19 bits per heavy atom. The first-order valence-corrected chi connectivity index (χ1v) is 4.08. The molecule has 4 N–H and O–H groups in total. The monoisotopic (exact) mass is 276 g/mol. The van der Waals surface area contributed by atoms with Gasteiger partial charge in [0, 0.05) is 12.6 Å². The third-order valence-electron chi connectivity index (χ3n) is 1.90. The largest absolute Gasteiger partial charge is 0.416 e. The fraction of sp³-hybridized carbons (Fsp3) is 0.333. The summed E-state index contributed by atoms with van der Waals surface area (Å²) in [7, 11) is 0. The predicted molar refractivity (Wildman–Crippen MR) is 61.9 cm³/mol. The van der Waals surface area contributed by atoms with Crippen molar-refractivity contribution in [3.05, 3.63) is 35.4 Å². The molecule has 1 rings (SSSR count). The molecule has 0 aliphatic rings. The molecule has 0 radical (unpaired) electrons. The normalized spacial score (nSPS) is 12.3. The molecule has 16 heavy (non-hydrogen) atoms. The summed E-state index contributed by atoms with van der Waals surface area (Å²) >= 11 is 0. The Morgan fingerprint density at radius 3 is 2.19 bits per heavy atom. The summed E-state index contributed by atoms with van der Waals surface area (Å²) in [6.07, 6.45) is -4.33. The average molecular weight is 277 g/mol. The number of nitrogens with two attached hydrogens (primary N) is 2. The van der Waals surface area contributed by atoms with Crippen LogP contribution in [-0.4, -0.2) is 6.54 Å². The van der Waals surface area contributed by atoms with Gasteiger partial charge in [0.2, 0.25) is 0 Å². The quantitative estimate of drug-likeness (QED) is 0.872. The fourth-order valence-corrected chi connectivity index (χ4v) is 1.08. The molecular weight excluding hydrogens is 264 g/mol. The van der Waals surface area contributed by atoms with E-state index in [1.807, 2.05) is 0 Å². The van der Waals surface area contributed by atoms with Gasteiger partial charge in [0.1, 0.15) is 0 Å². The van der Waals surface area contributed by atoms with Crippen molar-refractivity contribution in [2.45, 2.75) is 12.2 Å². The van der Waals surface area contributed by atoms with Crippen LogP contribution in [0.25, 0.3) is 0 Å². The van der Waals surface area contributed by atoms with Gasteiger partial charge in [-0.25, -0.2) is 0 Å². The van der Waals surface area contributed by atoms with Gasteiger partial charge in [-0.05, 0) is 17.7 Å². The molecule has 0 bridgehead atoms. The Bertz CT molecular complexity index is 318. The Labute approximate surface area is 104 Å². The third-order valence-corrected chi connectivity index (χ3v) is 1.90. The number of alkyl halides is 3. The Morgan fingerprint density at radius 2 is 1.75 bits per heavy atom. The van der Waals surface area contributed by atoms with Crippen LogP contribution in [0.15, 0.2) is 24.3 Å². The van der Waals surface area contributed by atoms with E-state index in [0.717, 1.165) is 12.1 Å². The molecule has 0 heterocycles. The van der Waals surface area contributed by atoms with Crippen LogP contribution >= 0.6 is 24.8 Å². The molecule has 0 amide bonds. The van der Waals surface area contributed by atoms with Gasteiger partial charge in [-0.3, -0.25) is 0 Å². The van der Waals surface area contributed by atoms with Crippen molar-refractivity contribution in [3.63, 3.8) is 0 Å². The predicted octanol–water partition coefficient (Wildman–Crippen LogP) is 2.51. The highest BCUT2D eigenvalue weighted by molar-refractivity contribution is 5.85. The summed E-state index contributed by atoms with van der Waals surface area (Å²) in [5.41, 5.74) is 10.5. The van der Waals surface area contributed by atoms with Gasteiger partial charge in [-0.1, -0.05) is 12.1 Å². The van der Waals surface area contributed by atoms with Crippen LogP contribution in [0, 0.1) is 0 Å². The number of hydrogen-bond acceptors (Lipinski definition) is 2. The highest BCUT2D eigenvalue weighted by Crippen LogP contribution is 2.30. The van der Waals surface area contributed by atoms with Gasteiger partial charge < -0.3 is 11.5 Å². The van der Waals surface area contributed by atoms with Crippen LogP contribution in [0.4, 0.5) is 13.2 Å². The number of hydrogen-bond donors (Lipinski definition) is 2. The van der Waals surface area contributed by atoms with E-state index >= 15 is 0 Å². The first-order chi connectivity index (χ1) is 6.45. The molecule has 1 aromatic rings. The zero-order chi connectivity index (χ0) is 10.8. The van der Waals surface area contributed by atoms with Crippen molar-refractivity contribution in [3.8, 4) is 0 Å². The van der Waals surface area contributed by atoms with E-state index in [-0.39, 0.29) is 31.4 Å². The number of halogens is 5.